The van der Waals surface area contributed by atoms with Gasteiger partial charge < -0.3 is 20.6 Å². The number of fused-ring (bicyclic) bond motifs is 4. The van der Waals surface area contributed by atoms with Crippen LogP contribution < -0.4 is 10.6 Å². The molecule has 0 radical (unpaired) electrons. The topological polar surface area (TPSA) is 173 Å². The molecule has 0 unspecified atom stereocenters. The third-order valence-electron chi connectivity index (χ3n) is 8.40. The molecule has 0 spiro atoms. The van der Waals surface area contributed by atoms with Crippen LogP contribution >= 0.6 is 0 Å². The zero-order valence-electron chi connectivity index (χ0n) is 26.8. The monoisotopic (exact) mass is 658 g/mol. The van der Waals surface area contributed by atoms with E-state index in [2.05, 4.69) is 51.0 Å². The Morgan fingerprint density at radius 2 is 1.08 bits per heavy atom. The van der Waals surface area contributed by atoms with E-state index in [0.717, 1.165) is 60.8 Å². The number of aromatic amines is 4. The molecule has 244 valence electrons. The molecule has 0 saturated heterocycles. The molecule has 5 aromatic carbocycles. The van der Waals surface area contributed by atoms with E-state index >= 15 is 0 Å². The van der Waals surface area contributed by atoms with Crippen molar-refractivity contribution in [3.05, 3.63) is 132 Å². The van der Waals surface area contributed by atoms with Crippen molar-refractivity contribution >= 4 is 55.7 Å². The number of aromatic nitrogens is 8. The number of carbonyl (C=O) groups excluding carboxylic acids is 2. The maximum Gasteiger partial charge on any atom is 0.251 e. The molecule has 6 N–H and O–H groups in total. The number of carbonyl (C=O) groups is 2. The largest absolute Gasteiger partial charge is 0.355 e. The average Bonchev–Trinajstić information content (AvgIpc) is 3.97. The minimum absolute atomic E-state index is 0.118. The van der Waals surface area contributed by atoms with Gasteiger partial charge in [0.25, 0.3) is 11.8 Å². The van der Waals surface area contributed by atoms with E-state index in [-0.39, 0.29) is 11.8 Å². The first-order valence-electron chi connectivity index (χ1n) is 15.9. The molecule has 9 rings (SSSR count). The number of imidazole rings is 2. The first-order chi connectivity index (χ1) is 24.5. The van der Waals surface area contributed by atoms with Crippen LogP contribution in [0.1, 0.15) is 26.3 Å². The first kappa shape index (κ1) is 30.3. The fraction of sp³-hybridized carbons (Fsp3) is 0.0526. The van der Waals surface area contributed by atoms with Gasteiger partial charge in [-0.3, -0.25) is 19.8 Å². The maximum atomic E-state index is 12.5. The smallest absolute Gasteiger partial charge is 0.251 e. The molecular weight excluding hydrogens is 628 g/mol. The second-order valence-corrected chi connectivity index (χ2v) is 11.6. The van der Waals surface area contributed by atoms with E-state index in [1.165, 1.54) is 0 Å². The Labute approximate surface area is 284 Å². The second kappa shape index (κ2) is 12.8. The molecule has 4 aromatic heterocycles. The summed E-state index contributed by atoms with van der Waals surface area (Å²) < 4.78 is 0. The van der Waals surface area contributed by atoms with Crippen LogP contribution in [0.25, 0.3) is 66.9 Å². The van der Waals surface area contributed by atoms with Gasteiger partial charge in [0, 0.05) is 35.5 Å². The zero-order chi connectivity index (χ0) is 34.0. The molecule has 0 aliphatic rings. The number of nitrogens with one attached hydrogen (secondary N) is 6. The van der Waals surface area contributed by atoms with Crippen LogP contribution in [0.15, 0.2) is 115 Å². The van der Waals surface area contributed by atoms with E-state index in [9.17, 15) is 9.59 Å². The Morgan fingerprint density at radius 3 is 1.62 bits per heavy atom. The van der Waals surface area contributed by atoms with E-state index < -0.39 is 0 Å². The molecule has 0 bridgehead atoms. The molecule has 9 aromatic rings. The minimum atomic E-state index is -0.122. The molecule has 0 atom stereocenters. The van der Waals surface area contributed by atoms with Crippen LogP contribution in [0.5, 0.6) is 0 Å². The fourth-order valence-corrected chi connectivity index (χ4v) is 5.84. The average molecular weight is 659 g/mol. The van der Waals surface area contributed by atoms with E-state index in [0.29, 0.717) is 29.3 Å². The van der Waals surface area contributed by atoms with Gasteiger partial charge >= 0.3 is 0 Å². The summed E-state index contributed by atoms with van der Waals surface area (Å²) >= 11 is 0. The van der Waals surface area contributed by atoms with Crippen molar-refractivity contribution in [3.8, 4) is 23.0 Å². The molecule has 2 amide bonds. The summed E-state index contributed by atoms with van der Waals surface area (Å²) in [5, 5.41) is 22.3. The summed E-state index contributed by atoms with van der Waals surface area (Å²) in [6.45, 7) is 0.491. The van der Waals surface area contributed by atoms with E-state index in [1.807, 2.05) is 97.1 Å². The summed E-state index contributed by atoms with van der Waals surface area (Å²) in [6.07, 6.45) is 0. The Balaban J connectivity index is 0.000000149. The highest BCUT2D eigenvalue weighted by Crippen LogP contribution is 2.27. The predicted molar refractivity (Wildman–Crippen MR) is 193 cm³/mol. The zero-order valence-corrected chi connectivity index (χ0v) is 26.8. The van der Waals surface area contributed by atoms with Crippen molar-refractivity contribution in [1.29, 1.82) is 0 Å². The first-order valence-corrected chi connectivity index (χ1v) is 15.9. The molecule has 4 heterocycles. The third kappa shape index (κ3) is 5.81. The number of para-hydroxylation sites is 2. The van der Waals surface area contributed by atoms with Gasteiger partial charge in [0.1, 0.15) is 11.4 Å². The van der Waals surface area contributed by atoms with Crippen LogP contribution in [-0.4, -0.2) is 59.2 Å². The summed E-state index contributed by atoms with van der Waals surface area (Å²) in [5.41, 5.74) is 8.90. The Bertz CT molecular complexity index is 2650. The molecule has 12 heteroatoms. The van der Waals surface area contributed by atoms with Gasteiger partial charge in [-0.2, -0.15) is 10.2 Å². The van der Waals surface area contributed by atoms with Crippen LogP contribution in [0.4, 0.5) is 0 Å². The molecular formula is C38H30N10O2. The lowest BCUT2D eigenvalue weighted by atomic mass is 10.1. The van der Waals surface area contributed by atoms with Gasteiger partial charge in [-0.1, -0.05) is 66.7 Å². The Morgan fingerprint density at radius 1 is 0.580 bits per heavy atom. The van der Waals surface area contributed by atoms with Gasteiger partial charge in [0.05, 0.1) is 33.1 Å². The lowest BCUT2D eigenvalue weighted by molar-refractivity contribution is 0.0947. The number of nitrogens with zero attached hydrogens (tertiary/aromatic N) is 4. The van der Waals surface area contributed by atoms with E-state index in [4.69, 9.17) is 0 Å². The Hall–Kier alpha value is -7.08. The fourth-order valence-electron chi connectivity index (χ4n) is 5.84. The van der Waals surface area contributed by atoms with Crippen molar-refractivity contribution in [2.75, 3.05) is 7.05 Å². The normalized spacial score (nSPS) is 11.1. The number of hydrogen-bond acceptors (Lipinski definition) is 6. The summed E-state index contributed by atoms with van der Waals surface area (Å²) in [6, 6.07) is 36.5. The second-order valence-electron chi connectivity index (χ2n) is 11.6. The van der Waals surface area contributed by atoms with Gasteiger partial charge in [0.15, 0.2) is 11.6 Å². The molecule has 12 nitrogen and oxygen atoms in total. The highest BCUT2D eigenvalue weighted by molar-refractivity contribution is 5.99. The standard InChI is InChI=1S/C22H17N5O.C16H13N5O/c28-22(23-13-14-6-2-1-3-7-14)15-10-11-18-19(12-15)25-21(24-18)20-16-8-4-5-9-17(16)26-27-20;1-17-16(22)9-6-7-12-13(8-9)19-15(18-12)14-10-4-2-3-5-11(10)20-21-14/h1-12H,13H2,(H,23,28)(H,24,25)(H,26,27);2-8H,1H3,(H,17,22)(H,18,19)(H,20,21). The number of H-pyrrole nitrogens is 4. The van der Waals surface area contributed by atoms with Crippen molar-refractivity contribution in [3.63, 3.8) is 0 Å². The number of benzene rings is 5. The molecule has 0 saturated carbocycles. The summed E-state index contributed by atoms with van der Waals surface area (Å²) in [5.74, 6) is 1.12. The molecule has 0 aliphatic carbocycles. The number of rotatable bonds is 6. The molecule has 0 fully saturated rings. The molecule has 0 aliphatic heterocycles. The van der Waals surface area contributed by atoms with Crippen molar-refractivity contribution < 1.29 is 9.59 Å². The molecule has 50 heavy (non-hydrogen) atoms. The van der Waals surface area contributed by atoms with Gasteiger partial charge in [-0.25, -0.2) is 9.97 Å². The highest BCUT2D eigenvalue weighted by Gasteiger charge is 2.15. The lowest BCUT2D eigenvalue weighted by Gasteiger charge is -2.05. The van der Waals surface area contributed by atoms with Crippen LogP contribution in [0, 0.1) is 0 Å². The quantitative estimate of drug-likeness (QED) is 0.119. The van der Waals surface area contributed by atoms with Crippen LogP contribution in [0.3, 0.4) is 0 Å². The van der Waals surface area contributed by atoms with Crippen molar-refractivity contribution in [1.82, 2.24) is 51.0 Å². The lowest BCUT2D eigenvalue weighted by Crippen LogP contribution is -2.22. The minimum Gasteiger partial charge on any atom is -0.355 e. The number of amides is 2. The SMILES string of the molecule is CNC(=O)c1ccc2nc(-c3n[nH]c4ccccc34)[nH]c2c1.O=C(NCc1ccccc1)c1ccc2nc(-c3n[nH]c4ccccc34)[nH]c2c1. The summed E-state index contributed by atoms with van der Waals surface area (Å²) in [7, 11) is 1.61. The van der Waals surface area contributed by atoms with Crippen LogP contribution in [0.2, 0.25) is 0 Å². The van der Waals surface area contributed by atoms with Gasteiger partial charge in [-0.05, 0) is 54.1 Å². The highest BCUT2D eigenvalue weighted by atomic mass is 16.2. The van der Waals surface area contributed by atoms with Crippen molar-refractivity contribution in [2.45, 2.75) is 6.54 Å². The third-order valence-corrected chi connectivity index (χ3v) is 8.40. The van der Waals surface area contributed by atoms with Crippen molar-refractivity contribution in [2.24, 2.45) is 0 Å². The Kier molecular flexibility index (Phi) is 7.78. The van der Waals surface area contributed by atoms with Crippen LogP contribution in [-0.2, 0) is 6.54 Å². The number of hydrogen-bond donors (Lipinski definition) is 6. The summed E-state index contributed by atoms with van der Waals surface area (Å²) in [4.78, 5) is 39.9. The maximum absolute atomic E-state index is 12.5. The van der Waals surface area contributed by atoms with E-state index in [1.54, 1.807) is 25.2 Å². The van der Waals surface area contributed by atoms with Gasteiger partial charge in [0.2, 0.25) is 0 Å². The predicted octanol–water partition coefficient (Wildman–Crippen LogP) is 6.50. The van der Waals surface area contributed by atoms with Gasteiger partial charge in [-0.15, -0.1) is 0 Å².